The first-order chi connectivity index (χ1) is 11.7. The molecule has 25 heavy (non-hydrogen) atoms. The number of carbonyl (C=O) groups is 2. The lowest BCUT2D eigenvalue weighted by Gasteiger charge is -2.33. The van der Waals surface area contributed by atoms with Crippen molar-refractivity contribution in [2.45, 2.75) is 38.8 Å². The van der Waals surface area contributed by atoms with Crippen molar-refractivity contribution < 1.29 is 27.9 Å². The van der Waals surface area contributed by atoms with Crippen LogP contribution in [0, 0.1) is 11.8 Å². The number of halogens is 3. The molecule has 1 N–H and O–H groups in total. The van der Waals surface area contributed by atoms with Gasteiger partial charge in [-0.2, -0.15) is 13.2 Å². The molecule has 0 bridgehead atoms. The highest BCUT2D eigenvalue weighted by Crippen LogP contribution is 2.29. The quantitative estimate of drug-likeness (QED) is 0.876. The molecular weight excluding hydrogens is 335 g/mol. The topological polar surface area (TPSA) is 57.6 Å². The number of aliphatic carboxylic acids is 1. The normalized spacial score (nSPS) is 19.5. The van der Waals surface area contributed by atoms with E-state index in [0.717, 1.165) is 12.1 Å². The van der Waals surface area contributed by atoms with Crippen LogP contribution in [0.15, 0.2) is 24.3 Å². The second-order valence-electron chi connectivity index (χ2n) is 6.47. The molecule has 1 saturated heterocycles. The van der Waals surface area contributed by atoms with E-state index in [9.17, 15) is 22.8 Å². The highest BCUT2D eigenvalue weighted by Gasteiger charge is 2.32. The van der Waals surface area contributed by atoms with Gasteiger partial charge in [0.25, 0.3) is 0 Å². The molecule has 1 aliphatic rings. The summed E-state index contributed by atoms with van der Waals surface area (Å²) in [6.45, 7) is 2.59. The zero-order chi connectivity index (χ0) is 18.6. The highest BCUT2D eigenvalue weighted by molar-refractivity contribution is 5.80. The van der Waals surface area contributed by atoms with Gasteiger partial charge in [-0.25, -0.2) is 0 Å². The summed E-state index contributed by atoms with van der Waals surface area (Å²) in [6, 6.07) is 4.84. The fourth-order valence-corrected chi connectivity index (χ4v) is 3.16. The Bertz CT molecular complexity index is 613. The van der Waals surface area contributed by atoms with Crippen molar-refractivity contribution >= 4 is 11.9 Å². The van der Waals surface area contributed by atoms with Crippen LogP contribution in [0.3, 0.4) is 0 Å². The number of piperidine rings is 1. The van der Waals surface area contributed by atoms with E-state index < -0.39 is 23.6 Å². The zero-order valence-corrected chi connectivity index (χ0v) is 14.1. The SMILES string of the molecule is CCC(Cc1ccc(C(F)(F)F)cc1)C(=O)N1CCCC(C(=O)O)C1. The molecule has 1 heterocycles. The van der Waals surface area contributed by atoms with Crippen LogP contribution in [0.4, 0.5) is 13.2 Å². The third-order valence-electron chi connectivity index (χ3n) is 4.69. The summed E-state index contributed by atoms with van der Waals surface area (Å²) in [4.78, 5) is 25.4. The number of hydrogen-bond acceptors (Lipinski definition) is 2. The third kappa shape index (κ3) is 4.96. The smallest absolute Gasteiger partial charge is 0.416 e. The first-order valence-corrected chi connectivity index (χ1v) is 8.40. The number of carboxylic acids is 1. The molecule has 1 aromatic carbocycles. The average Bonchev–Trinajstić information content (AvgIpc) is 2.58. The standard InChI is InChI=1S/C18H22F3NO3/c1-2-13(10-12-5-7-15(8-6-12)18(19,20)21)16(23)22-9-3-4-14(11-22)17(24)25/h5-8,13-14H,2-4,9-11H2,1H3,(H,24,25). The Labute approximate surface area is 144 Å². The molecule has 4 nitrogen and oxygen atoms in total. The van der Waals surface area contributed by atoms with Crippen molar-refractivity contribution in [3.05, 3.63) is 35.4 Å². The average molecular weight is 357 g/mol. The fourth-order valence-electron chi connectivity index (χ4n) is 3.16. The molecule has 1 amide bonds. The van der Waals surface area contributed by atoms with Crippen LogP contribution in [0.25, 0.3) is 0 Å². The van der Waals surface area contributed by atoms with Gasteiger partial charge in [-0.1, -0.05) is 19.1 Å². The van der Waals surface area contributed by atoms with E-state index in [4.69, 9.17) is 5.11 Å². The summed E-state index contributed by atoms with van der Waals surface area (Å²) in [5, 5.41) is 9.13. The second kappa shape index (κ2) is 7.89. The highest BCUT2D eigenvalue weighted by atomic mass is 19.4. The largest absolute Gasteiger partial charge is 0.481 e. The summed E-state index contributed by atoms with van der Waals surface area (Å²) in [7, 11) is 0. The van der Waals surface area contributed by atoms with Gasteiger partial charge in [0, 0.05) is 19.0 Å². The molecule has 138 valence electrons. The number of benzene rings is 1. The molecule has 2 atom stereocenters. The number of nitrogens with zero attached hydrogens (tertiary/aromatic N) is 1. The molecule has 0 aromatic heterocycles. The molecule has 7 heteroatoms. The van der Waals surface area contributed by atoms with Crippen molar-refractivity contribution in [1.29, 1.82) is 0 Å². The van der Waals surface area contributed by atoms with E-state index in [1.165, 1.54) is 12.1 Å². The predicted octanol–water partition coefficient (Wildman–Crippen LogP) is 3.60. The Morgan fingerprint density at radius 1 is 1.28 bits per heavy atom. The molecule has 2 rings (SSSR count). The van der Waals surface area contributed by atoms with E-state index in [1.54, 1.807) is 4.90 Å². The molecule has 1 fully saturated rings. The first kappa shape index (κ1) is 19.3. The molecule has 0 radical (unpaired) electrons. The van der Waals surface area contributed by atoms with Crippen LogP contribution in [-0.2, 0) is 22.2 Å². The number of carboxylic acid groups (broad SMARTS) is 1. The van der Waals surface area contributed by atoms with Gasteiger partial charge >= 0.3 is 12.1 Å². The summed E-state index contributed by atoms with van der Waals surface area (Å²) < 4.78 is 37.8. The maximum absolute atomic E-state index is 12.7. The molecule has 1 aromatic rings. The number of rotatable bonds is 5. The van der Waals surface area contributed by atoms with Crippen molar-refractivity contribution in [2.24, 2.45) is 11.8 Å². The summed E-state index contributed by atoms with van der Waals surface area (Å²) in [6.07, 6.45) is -2.26. The van der Waals surface area contributed by atoms with Gasteiger partial charge in [-0.15, -0.1) is 0 Å². The number of likely N-dealkylation sites (tertiary alicyclic amines) is 1. The summed E-state index contributed by atoms with van der Waals surface area (Å²) in [5.41, 5.74) is -0.0454. The monoisotopic (exact) mass is 357 g/mol. The van der Waals surface area contributed by atoms with Crippen molar-refractivity contribution in [2.75, 3.05) is 13.1 Å². The minimum absolute atomic E-state index is 0.117. The zero-order valence-electron chi connectivity index (χ0n) is 14.1. The first-order valence-electron chi connectivity index (χ1n) is 8.40. The Morgan fingerprint density at radius 3 is 2.44 bits per heavy atom. The van der Waals surface area contributed by atoms with Gasteiger partial charge < -0.3 is 10.0 Å². The van der Waals surface area contributed by atoms with Gasteiger partial charge in [0.15, 0.2) is 0 Å². The lowest BCUT2D eigenvalue weighted by Crippen LogP contribution is -2.45. The Kier molecular flexibility index (Phi) is 6.08. The number of hydrogen-bond donors (Lipinski definition) is 1. The van der Waals surface area contributed by atoms with E-state index in [2.05, 4.69) is 0 Å². The summed E-state index contributed by atoms with van der Waals surface area (Å²) in [5.74, 6) is -1.91. The van der Waals surface area contributed by atoms with Gasteiger partial charge in [0.05, 0.1) is 11.5 Å². The lowest BCUT2D eigenvalue weighted by atomic mass is 9.92. The molecule has 0 saturated carbocycles. The van der Waals surface area contributed by atoms with Crippen molar-refractivity contribution in [3.63, 3.8) is 0 Å². The molecule has 0 aliphatic carbocycles. The van der Waals surface area contributed by atoms with Crippen LogP contribution in [0.5, 0.6) is 0 Å². The molecular formula is C18H22F3NO3. The predicted molar refractivity (Wildman–Crippen MR) is 85.9 cm³/mol. The Hall–Kier alpha value is -2.05. The van der Waals surface area contributed by atoms with E-state index in [-0.39, 0.29) is 18.4 Å². The maximum Gasteiger partial charge on any atom is 0.416 e. The van der Waals surface area contributed by atoms with Crippen LogP contribution >= 0.6 is 0 Å². The van der Waals surface area contributed by atoms with E-state index in [0.29, 0.717) is 37.8 Å². The minimum atomic E-state index is -4.38. The van der Waals surface area contributed by atoms with Gasteiger partial charge in [-0.05, 0) is 43.4 Å². The number of carbonyl (C=O) groups excluding carboxylic acids is 1. The van der Waals surface area contributed by atoms with Crippen LogP contribution in [-0.4, -0.2) is 35.0 Å². The fraction of sp³-hybridized carbons (Fsp3) is 0.556. The molecule has 2 unspecified atom stereocenters. The van der Waals surface area contributed by atoms with E-state index in [1.807, 2.05) is 6.92 Å². The summed E-state index contributed by atoms with van der Waals surface area (Å²) >= 11 is 0. The molecule has 0 spiro atoms. The Morgan fingerprint density at radius 2 is 1.92 bits per heavy atom. The second-order valence-corrected chi connectivity index (χ2v) is 6.47. The van der Waals surface area contributed by atoms with Crippen molar-refractivity contribution in [3.8, 4) is 0 Å². The number of amides is 1. The van der Waals surface area contributed by atoms with Crippen LogP contribution < -0.4 is 0 Å². The maximum atomic E-state index is 12.7. The molecule has 1 aliphatic heterocycles. The van der Waals surface area contributed by atoms with Gasteiger partial charge in [0.1, 0.15) is 0 Å². The van der Waals surface area contributed by atoms with Crippen LogP contribution in [0.1, 0.15) is 37.3 Å². The number of alkyl halides is 3. The van der Waals surface area contributed by atoms with Crippen molar-refractivity contribution in [1.82, 2.24) is 4.90 Å². The van der Waals surface area contributed by atoms with E-state index >= 15 is 0 Å². The Balaban J connectivity index is 2.03. The third-order valence-corrected chi connectivity index (χ3v) is 4.69. The van der Waals surface area contributed by atoms with Crippen LogP contribution in [0.2, 0.25) is 0 Å². The van der Waals surface area contributed by atoms with Gasteiger partial charge in [-0.3, -0.25) is 9.59 Å². The lowest BCUT2D eigenvalue weighted by molar-refractivity contribution is -0.147. The van der Waals surface area contributed by atoms with Gasteiger partial charge in [0.2, 0.25) is 5.91 Å². The minimum Gasteiger partial charge on any atom is -0.481 e.